The molecule has 0 radical (unpaired) electrons. The second kappa shape index (κ2) is 9.82. The summed E-state index contributed by atoms with van der Waals surface area (Å²) >= 11 is 6.45. The number of amides is 1. The van der Waals surface area contributed by atoms with Gasteiger partial charge in [0.05, 0.1) is 30.2 Å². The van der Waals surface area contributed by atoms with Gasteiger partial charge in [0.15, 0.2) is 5.65 Å². The molecule has 1 amide bonds. The van der Waals surface area contributed by atoms with Crippen LogP contribution in [0.15, 0.2) is 10.9 Å². The fraction of sp³-hybridized carbons (Fsp3) is 0.538. The quantitative estimate of drug-likeness (QED) is 0.442. The Morgan fingerprint density at radius 3 is 2.59 bits per heavy atom. The Morgan fingerprint density at radius 2 is 1.92 bits per heavy atom. The van der Waals surface area contributed by atoms with E-state index in [1.807, 2.05) is 39.5 Å². The fourth-order valence-corrected chi connectivity index (χ4v) is 5.13. The lowest BCUT2D eigenvalue weighted by molar-refractivity contribution is 0.0202. The average molecular weight is 558 g/mol. The van der Waals surface area contributed by atoms with Crippen molar-refractivity contribution in [1.29, 1.82) is 0 Å². The van der Waals surface area contributed by atoms with Crippen LogP contribution >= 0.6 is 11.6 Å². The zero-order valence-corrected chi connectivity index (χ0v) is 23.9. The molecule has 2 aliphatic heterocycles. The number of pyridine rings is 1. The van der Waals surface area contributed by atoms with E-state index < -0.39 is 17.4 Å². The third kappa shape index (κ3) is 4.93. The van der Waals surface area contributed by atoms with Crippen LogP contribution in [0.1, 0.15) is 51.9 Å². The number of methoxy groups -OCH3 is 1. The highest BCUT2D eigenvalue weighted by atomic mass is 35.5. The van der Waals surface area contributed by atoms with Crippen molar-refractivity contribution in [3.8, 4) is 17.4 Å². The predicted octanol–water partition coefficient (Wildman–Crippen LogP) is 3.48. The zero-order chi connectivity index (χ0) is 28.2. The first-order valence-corrected chi connectivity index (χ1v) is 13.2. The number of anilines is 1. The first kappa shape index (κ1) is 26.9. The highest BCUT2D eigenvalue weighted by Gasteiger charge is 2.37. The van der Waals surface area contributed by atoms with Crippen LogP contribution in [-0.2, 0) is 4.74 Å². The molecule has 0 spiro atoms. The molecule has 3 aromatic heterocycles. The van der Waals surface area contributed by atoms with Crippen LogP contribution in [0.2, 0.25) is 5.15 Å². The Bertz CT molecular complexity index is 1520. The summed E-state index contributed by atoms with van der Waals surface area (Å²) in [5.41, 5.74) is 0.759. The lowest BCUT2D eigenvalue weighted by Crippen LogP contribution is -2.57. The van der Waals surface area contributed by atoms with Gasteiger partial charge < -0.3 is 24.0 Å². The van der Waals surface area contributed by atoms with Gasteiger partial charge in [0.1, 0.15) is 34.3 Å². The summed E-state index contributed by atoms with van der Waals surface area (Å²) in [4.78, 5) is 48.3. The van der Waals surface area contributed by atoms with Crippen LogP contribution < -0.4 is 20.1 Å². The minimum Gasteiger partial charge on any atom is -0.490 e. The van der Waals surface area contributed by atoms with Gasteiger partial charge in [0.25, 0.3) is 0 Å². The number of halogens is 1. The standard InChI is InChI=1S/C26H32ClN7O5/c1-13(2)19-20(14(3)28-23(30-19)37-7)34-22-18-16(10-17(27)29-22)38-12-15-11-32(25(36)39-26(4,5)6)8-9-33(15)21(18)31-24(34)35/h10,13,15H,8-9,11-12H2,1-7H3/t15-/m1/s1. The van der Waals surface area contributed by atoms with Gasteiger partial charge >= 0.3 is 17.8 Å². The lowest BCUT2D eigenvalue weighted by Gasteiger charge is -2.41. The molecular formula is C26H32ClN7O5. The molecule has 1 fully saturated rings. The van der Waals surface area contributed by atoms with Crippen LogP contribution in [0.5, 0.6) is 11.8 Å². The second-order valence-corrected chi connectivity index (χ2v) is 11.4. The van der Waals surface area contributed by atoms with Crippen molar-refractivity contribution >= 4 is 34.5 Å². The monoisotopic (exact) mass is 557 g/mol. The molecule has 0 aromatic carbocycles. The number of nitrogens with zero attached hydrogens (tertiary/aromatic N) is 7. The average Bonchev–Trinajstić information content (AvgIpc) is 3.00. The van der Waals surface area contributed by atoms with E-state index in [-0.39, 0.29) is 29.7 Å². The van der Waals surface area contributed by atoms with E-state index >= 15 is 0 Å². The van der Waals surface area contributed by atoms with E-state index in [0.717, 1.165) is 0 Å². The molecule has 3 aromatic rings. The molecule has 2 aliphatic rings. The van der Waals surface area contributed by atoms with E-state index in [1.165, 1.54) is 11.7 Å². The Kier molecular flexibility index (Phi) is 6.78. The van der Waals surface area contributed by atoms with Crippen molar-refractivity contribution in [2.45, 2.75) is 59.1 Å². The number of ether oxygens (including phenoxy) is 3. The van der Waals surface area contributed by atoms with Crippen molar-refractivity contribution in [1.82, 2.24) is 29.4 Å². The minimum atomic E-state index is -0.608. The summed E-state index contributed by atoms with van der Waals surface area (Å²) < 4.78 is 18.5. The summed E-state index contributed by atoms with van der Waals surface area (Å²) in [5, 5.41) is 0.716. The maximum atomic E-state index is 13.8. The maximum Gasteiger partial charge on any atom is 0.410 e. The molecule has 5 rings (SSSR count). The first-order valence-electron chi connectivity index (χ1n) is 12.8. The van der Waals surface area contributed by atoms with Gasteiger partial charge in [-0.2, -0.15) is 15.0 Å². The number of carbonyl (C=O) groups excluding carboxylic acids is 1. The van der Waals surface area contributed by atoms with E-state index in [9.17, 15) is 9.59 Å². The molecule has 0 N–H and O–H groups in total. The van der Waals surface area contributed by atoms with Gasteiger partial charge in [0, 0.05) is 25.7 Å². The predicted molar refractivity (Wildman–Crippen MR) is 146 cm³/mol. The number of rotatable bonds is 3. The Labute approximate surface area is 230 Å². The van der Waals surface area contributed by atoms with E-state index in [2.05, 4.69) is 19.9 Å². The third-order valence-corrected chi connectivity index (χ3v) is 6.81. The number of hydrogen-bond donors (Lipinski definition) is 0. The first-order chi connectivity index (χ1) is 18.4. The summed E-state index contributed by atoms with van der Waals surface area (Å²) in [6, 6.07) is 1.57. The molecule has 5 heterocycles. The summed E-state index contributed by atoms with van der Waals surface area (Å²) in [6.07, 6.45) is -0.390. The van der Waals surface area contributed by atoms with Gasteiger partial charge in [-0.15, -0.1) is 0 Å². The molecule has 39 heavy (non-hydrogen) atoms. The summed E-state index contributed by atoms with van der Waals surface area (Å²) in [5.74, 6) is 0.834. The number of aryl methyl sites for hydroxylation is 1. The van der Waals surface area contributed by atoms with Crippen LogP contribution in [0.25, 0.3) is 16.7 Å². The number of fused-ring (bicyclic) bond motifs is 2. The van der Waals surface area contributed by atoms with E-state index in [1.54, 1.807) is 17.9 Å². The summed E-state index contributed by atoms with van der Waals surface area (Å²) in [7, 11) is 1.50. The highest BCUT2D eigenvalue weighted by Crippen LogP contribution is 2.39. The molecule has 0 unspecified atom stereocenters. The van der Waals surface area contributed by atoms with Crippen molar-refractivity contribution in [2.75, 3.05) is 38.3 Å². The number of hydrogen-bond acceptors (Lipinski definition) is 10. The number of carbonyl (C=O) groups is 1. The third-order valence-electron chi connectivity index (χ3n) is 6.62. The largest absolute Gasteiger partial charge is 0.490 e. The van der Waals surface area contributed by atoms with Gasteiger partial charge in [0.2, 0.25) is 0 Å². The van der Waals surface area contributed by atoms with Crippen molar-refractivity contribution in [2.24, 2.45) is 0 Å². The van der Waals surface area contributed by atoms with E-state index in [4.69, 9.17) is 25.8 Å². The molecule has 1 saturated heterocycles. The Morgan fingerprint density at radius 1 is 1.18 bits per heavy atom. The Hall–Kier alpha value is -3.67. The van der Waals surface area contributed by atoms with Gasteiger partial charge in [-0.25, -0.2) is 19.1 Å². The van der Waals surface area contributed by atoms with Crippen molar-refractivity contribution in [3.05, 3.63) is 33.1 Å². The molecule has 13 heteroatoms. The minimum absolute atomic E-state index is 0.0619. The molecule has 208 valence electrons. The fourth-order valence-electron chi connectivity index (χ4n) is 4.95. The SMILES string of the molecule is COc1nc(C)c(-n2c(=O)nc3c4c(cc(Cl)nc42)OC[C@H]2CN(C(=O)OC(C)(C)C)CCN32)c(C(C)C)n1. The number of aromatic nitrogens is 5. The second-order valence-electron chi connectivity index (χ2n) is 11.0. The topological polar surface area (TPSA) is 125 Å². The molecule has 0 saturated carbocycles. The maximum absolute atomic E-state index is 13.8. The van der Waals surface area contributed by atoms with Crippen LogP contribution in [0.3, 0.4) is 0 Å². The smallest absolute Gasteiger partial charge is 0.410 e. The van der Waals surface area contributed by atoms with Crippen LogP contribution in [0.4, 0.5) is 10.6 Å². The molecule has 1 atom stereocenters. The van der Waals surface area contributed by atoms with Gasteiger partial charge in [-0.3, -0.25) is 0 Å². The van der Waals surface area contributed by atoms with Crippen LogP contribution in [-0.4, -0.2) is 80.5 Å². The normalized spacial score (nSPS) is 17.1. The van der Waals surface area contributed by atoms with Gasteiger partial charge in [-0.05, 0) is 33.6 Å². The lowest BCUT2D eigenvalue weighted by atomic mass is 10.1. The van der Waals surface area contributed by atoms with Crippen molar-refractivity contribution in [3.63, 3.8) is 0 Å². The molecule has 12 nitrogen and oxygen atoms in total. The molecule has 0 aliphatic carbocycles. The molecular weight excluding hydrogens is 526 g/mol. The van der Waals surface area contributed by atoms with Crippen LogP contribution in [0, 0.1) is 6.92 Å². The van der Waals surface area contributed by atoms with Gasteiger partial charge in [-0.1, -0.05) is 25.4 Å². The summed E-state index contributed by atoms with van der Waals surface area (Å²) in [6.45, 7) is 12.6. The van der Waals surface area contributed by atoms with E-state index in [0.29, 0.717) is 59.3 Å². The number of piperazine rings is 1. The Balaban J connectivity index is 1.66. The molecule has 0 bridgehead atoms. The zero-order valence-electron chi connectivity index (χ0n) is 23.1. The van der Waals surface area contributed by atoms with Crippen molar-refractivity contribution < 1.29 is 19.0 Å². The highest BCUT2D eigenvalue weighted by molar-refractivity contribution is 6.30.